The summed E-state index contributed by atoms with van der Waals surface area (Å²) in [6.07, 6.45) is 8.76. The zero-order valence-electron chi connectivity index (χ0n) is 11.0. The van der Waals surface area contributed by atoms with Crippen LogP contribution in [0.2, 0.25) is 0 Å². The maximum absolute atomic E-state index is 5.94. The maximum Gasteiger partial charge on any atom is 0.148 e. The zero-order chi connectivity index (χ0) is 12.5. The Labute approximate surface area is 113 Å². The number of anilines is 1. The lowest BCUT2D eigenvalue weighted by molar-refractivity contribution is 0.715. The number of nitrogens with two attached hydrogens (primary N) is 1. The lowest BCUT2D eigenvalue weighted by Crippen LogP contribution is -1.89. The first-order valence-electron chi connectivity index (χ1n) is 6.65. The minimum atomic E-state index is 0.753. The molecule has 0 bridgehead atoms. The van der Waals surface area contributed by atoms with Crippen molar-refractivity contribution < 1.29 is 0 Å². The molecule has 0 aromatic carbocycles. The van der Waals surface area contributed by atoms with E-state index in [0.29, 0.717) is 0 Å². The van der Waals surface area contributed by atoms with Crippen LogP contribution in [-0.2, 0) is 6.42 Å². The summed E-state index contributed by atoms with van der Waals surface area (Å²) in [6, 6.07) is 0. The summed E-state index contributed by atoms with van der Waals surface area (Å²) in [4.78, 5) is 4.46. The van der Waals surface area contributed by atoms with Crippen LogP contribution in [0.5, 0.6) is 0 Å². The molecule has 0 aliphatic rings. The van der Waals surface area contributed by atoms with E-state index in [1.54, 1.807) is 11.3 Å². The van der Waals surface area contributed by atoms with Crippen molar-refractivity contribution in [1.29, 1.82) is 0 Å². The number of aryl methyl sites for hydroxylation is 1. The van der Waals surface area contributed by atoms with Gasteiger partial charge in [-0.15, -0.1) is 23.1 Å². The quantitative estimate of drug-likeness (QED) is 0.521. The second-order valence-corrected chi connectivity index (χ2v) is 6.74. The molecule has 98 valence electrons. The molecule has 0 spiro atoms. The molecule has 0 radical (unpaired) electrons. The van der Waals surface area contributed by atoms with Gasteiger partial charge in [0.2, 0.25) is 0 Å². The predicted molar refractivity (Wildman–Crippen MR) is 80.0 cm³/mol. The van der Waals surface area contributed by atoms with E-state index in [4.69, 9.17) is 5.73 Å². The molecule has 0 saturated heterocycles. The lowest BCUT2D eigenvalue weighted by atomic mass is 10.2. The summed E-state index contributed by atoms with van der Waals surface area (Å²) in [7, 11) is 0. The van der Waals surface area contributed by atoms with E-state index in [-0.39, 0.29) is 0 Å². The van der Waals surface area contributed by atoms with Gasteiger partial charge in [0.25, 0.3) is 0 Å². The number of thiazole rings is 1. The molecular weight excluding hydrogens is 248 g/mol. The second-order valence-electron chi connectivity index (χ2n) is 4.29. The smallest absolute Gasteiger partial charge is 0.148 e. The summed E-state index contributed by atoms with van der Waals surface area (Å²) in [5, 5.41) is 1.22. The van der Waals surface area contributed by atoms with Crippen LogP contribution in [0, 0.1) is 0 Å². The van der Waals surface area contributed by atoms with Crippen molar-refractivity contribution in [2.24, 2.45) is 0 Å². The third-order valence-corrected chi connectivity index (χ3v) is 5.13. The highest BCUT2D eigenvalue weighted by molar-refractivity contribution is 8.01. The van der Waals surface area contributed by atoms with E-state index in [1.165, 1.54) is 53.5 Å². The summed E-state index contributed by atoms with van der Waals surface area (Å²) >= 11 is 3.67. The van der Waals surface area contributed by atoms with Crippen molar-refractivity contribution in [3.63, 3.8) is 0 Å². The first-order valence-corrected chi connectivity index (χ1v) is 8.46. The third kappa shape index (κ3) is 5.77. The average molecular weight is 272 g/mol. The second kappa shape index (κ2) is 8.81. The van der Waals surface area contributed by atoms with Crippen LogP contribution in [0.25, 0.3) is 0 Å². The van der Waals surface area contributed by atoms with E-state index < -0.39 is 0 Å². The van der Waals surface area contributed by atoms with Gasteiger partial charge in [-0.3, -0.25) is 0 Å². The predicted octanol–water partition coefficient (Wildman–Crippen LogP) is 4.74. The Morgan fingerprint density at radius 3 is 2.53 bits per heavy atom. The van der Waals surface area contributed by atoms with Crippen LogP contribution in [0.3, 0.4) is 0 Å². The molecule has 0 unspecified atom stereocenters. The topological polar surface area (TPSA) is 38.9 Å². The molecule has 0 fully saturated rings. The highest BCUT2D eigenvalue weighted by atomic mass is 32.2. The summed E-state index contributed by atoms with van der Waals surface area (Å²) < 4.78 is 1.23. The molecule has 0 amide bonds. The van der Waals surface area contributed by atoms with Crippen LogP contribution >= 0.6 is 23.1 Å². The van der Waals surface area contributed by atoms with Crippen molar-refractivity contribution in [3.8, 4) is 0 Å². The fourth-order valence-corrected chi connectivity index (χ4v) is 3.87. The number of rotatable bonds is 9. The van der Waals surface area contributed by atoms with Crippen LogP contribution in [0.4, 0.5) is 5.82 Å². The van der Waals surface area contributed by atoms with Crippen LogP contribution < -0.4 is 5.73 Å². The monoisotopic (exact) mass is 272 g/mol. The van der Waals surface area contributed by atoms with E-state index in [0.717, 1.165) is 12.2 Å². The van der Waals surface area contributed by atoms with Crippen LogP contribution in [0.1, 0.15) is 57.4 Å². The van der Waals surface area contributed by atoms with Gasteiger partial charge < -0.3 is 5.73 Å². The molecular formula is C13H24N2S2. The van der Waals surface area contributed by atoms with Gasteiger partial charge in [0, 0.05) is 0 Å². The van der Waals surface area contributed by atoms with E-state index in [9.17, 15) is 0 Å². The molecule has 0 saturated carbocycles. The van der Waals surface area contributed by atoms with E-state index in [1.807, 2.05) is 11.8 Å². The normalized spacial score (nSPS) is 10.9. The first kappa shape index (κ1) is 14.8. The molecule has 1 heterocycles. The molecule has 0 aliphatic heterocycles. The summed E-state index contributed by atoms with van der Waals surface area (Å²) in [5.74, 6) is 1.93. The molecule has 1 rings (SSSR count). The molecule has 2 N–H and O–H groups in total. The van der Waals surface area contributed by atoms with Gasteiger partial charge in [-0.1, -0.05) is 39.5 Å². The number of aromatic nitrogens is 1. The standard InChI is InChI=1S/C13H24N2S2/c1-3-5-7-9-11-15-12(14)13(17-11)16-10-8-6-4-2/h3-10,14H2,1-2H3. The number of thioether (sulfide) groups is 1. The fraction of sp³-hybridized carbons (Fsp3) is 0.769. The Bertz CT molecular complexity index is 310. The number of unbranched alkanes of at least 4 members (excludes halogenated alkanes) is 4. The zero-order valence-corrected chi connectivity index (χ0v) is 12.6. The molecule has 2 nitrogen and oxygen atoms in total. The maximum atomic E-state index is 5.94. The van der Waals surface area contributed by atoms with Crippen molar-refractivity contribution in [1.82, 2.24) is 4.98 Å². The lowest BCUT2D eigenvalue weighted by Gasteiger charge is -1.97. The van der Waals surface area contributed by atoms with Crippen molar-refractivity contribution >= 4 is 28.9 Å². The molecule has 1 aromatic heterocycles. The van der Waals surface area contributed by atoms with Gasteiger partial charge >= 0.3 is 0 Å². The van der Waals surface area contributed by atoms with Gasteiger partial charge in [0.1, 0.15) is 10.0 Å². The number of nitrogens with zero attached hydrogens (tertiary/aromatic N) is 1. The fourth-order valence-electron chi connectivity index (χ4n) is 1.62. The summed E-state index contributed by atoms with van der Waals surface area (Å²) in [5.41, 5.74) is 5.94. The molecule has 0 aliphatic carbocycles. The van der Waals surface area contributed by atoms with Crippen molar-refractivity contribution in [2.45, 2.75) is 63.0 Å². The molecule has 0 atom stereocenters. The minimum absolute atomic E-state index is 0.753. The first-order chi connectivity index (χ1) is 8.27. The molecule has 1 aromatic rings. The van der Waals surface area contributed by atoms with Crippen molar-refractivity contribution in [3.05, 3.63) is 5.01 Å². The Kier molecular flexibility index (Phi) is 7.69. The van der Waals surface area contributed by atoms with Gasteiger partial charge in [-0.05, 0) is 25.0 Å². The number of hydrogen-bond acceptors (Lipinski definition) is 4. The largest absolute Gasteiger partial charge is 0.382 e. The minimum Gasteiger partial charge on any atom is -0.382 e. The van der Waals surface area contributed by atoms with E-state index in [2.05, 4.69) is 18.8 Å². The van der Waals surface area contributed by atoms with Gasteiger partial charge in [0.05, 0.1) is 5.01 Å². The Morgan fingerprint density at radius 1 is 1.12 bits per heavy atom. The Morgan fingerprint density at radius 2 is 1.82 bits per heavy atom. The highest BCUT2D eigenvalue weighted by Gasteiger charge is 2.08. The highest BCUT2D eigenvalue weighted by Crippen LogP contribution is 2.32. The van der Waals surface area contributed by atoms with Crippen LogP contribution in [0.15, 0.2) is 4.21 Å². The van der Waals surface area contributed by atoms with Gasteiger partial charge in [0.15, 0.2) is 0 Å². The summed E-state index contributed by atoms with van der Waals surface area (Å²) in [6.45, 7) is 4.46. The van der Waals surface area contributed by atoms with Crippen molar-refractivity contribution in [2.75, 3.05) is 11.5 Å². The number of nitrogen functional groups attached to an aromatic ring is 1. The van der Waals surface area contributed by atoms with Gasteiger partial charge in [-0.25, -0.2) is 4.98 Å². The Hall–Kier alpha value is -0.220. The molecule has 4 heteroatoms. The molecule has 17 heavy (non-hydrogen) atoms. The SMILES string of the molecule is CCCCCSc1sc(CCCCC)nc1N. The van der Waals surface area contributed by atoms with E-state index >= 15 is 0 Å². The average Bonchev–Trinajstić information content (AvgIpc) is 2.66. The van der Waals surface area contributed by atoms with Crippen LogP contribution in [-0.4, -0.2) is 10.7 Å². The Balaban J connectivity index is 2.33. The third-order valence-electron chi connectivity index (χ3n) is 2.64. The van der Waals surface area contributed by atoms with Gasteiger partial charge in [-0.2, -0.15) is 0 Å². The number of hydrogen-bond donors (Lipinski definition) is 1.